The van der Waals surface area contributed by atoms with E-state index in [-0.39, 0.29) is 12.5 Å². The molecule has 1 aromatic carbocycles. The van der Waals surface area contributed by atoms with Gasteiger partial charge in [0, 0.05) is 6.07 Å². The number of rotatable bonds is 3. The van der Waals surface area contributed by atoms with Crippen LogP contribution in [0.25, 0.3) is 0 Å². The van der Waals surface area contributed by atoms with Crippen LogP contribution >= 0.6 is 0 Å². The lowest BCUT2D eigenvalue weighted by Crippen LogP contribution is -2.41. The number of fused-ring (bicyclic) bond motifs is 1. The molecule has 1 aromatic heterocycles. The maximum absolute atomic E-state index is 12.9. The average Bonchev–Trinajstić information content (AvgIpc) is 3.11. The van der Waals surface area contributed by atoms with Gasteiger partial charge in [-0.25, -0.2) is 4.79 Å². The Balaban J connectivity index is 1.63. The Morgan fingerprint density at radius 2 is 1.96 bits per heavy atom. The molecule has 0 unspecified atom stereocenters. The number of hydrogen-bond acceptors (Lipinski definition) is 6. The molecule has 2 aliphatic rings. The van der Waals surface area contributed by atoms with Crippen molar-refractivity contribution in [3.05, 3.63) is 41.3 Å². The van der Waals surface area contributed by atoms with Crippen LogP contribution in [-0.2, 0) is 16.9 Å². The monoisotopic (exact) mass is 343 g/mol. The third-order valence-electron chi connectivity index (χ3n) is 4.39. The summed E-state index contributed by atoms with van der Waals surface area (Å²) in [5.41, 5.74) is -0.0209. The lowest BCUT2D eigenvalue weighted by Gasteiger charge is -2.25. The van der Waals surface area contributed by atoms with E-state index in [1.165, 1.54) is 0 Å². The van der Waals surface area contributed by atoms with Gasteiger partial charge in [-0.2, -0.15) is 0 Å². The van der Waals surface area contributed by atoms with E-state index < -0.39 is 11.6 Å². The molecule has 1 saturated heterocycles. The Kier molecular flexibility index (Phi) is 3.41. The fourth-order valence-electron chi connectivity index (χ4n) is 3.05. The average molecular weight is 343 g/mol. The first-order chi connectivity index (χ1) is 12.0. The number of urea groups is 1. The SMILES string of the molecule is Cc1cc(CN2C(=O)N[C@](C)(c3ccc4c(c3)OCCO4)C2=O)no1. The summed E-state index contributed by atoms with van der Waals surface area (Å²) in [5, 5.41) is 6.60. The van der Waals surface area contributed by atoms with Crippen molar-refractivity contribution < 1.29 is 23.6 Å². The van der Waals surface area contributed by atoms with Crippen LogP contribution in [0.15, 0.2) is 28.8 Å². The summed E-state index contributed by atoms with van der Waals surface area (Å²) in [6, 6.07) is 6.47. The number of nitrogens with zero attached hydrogens (tertiary/aromatic N) is 2. The molecule has 4 rings (SSSR count). The molecule has 0 saturated carbocycles. The summed E-state index contributed by atoms with van der Waals surface area (Å²) in [6.07, 6.45) is 0. The van der Waals surface area contributed by atoms with E-state index >= 15 is 0 Å². The molecule has 1 N–H and O–H groups in total. The molecule has 1 atom stereocenters. The van der Waals surface area contributed by atoms with Gasteiger partial charge in [0.15, 0.2) is 11.5 Å². The van der Waals surface area contributed by atoms with E-state index in [1.54, 1.807) is 38.1 Å². The fourth-order valence-corrected chi connectivity index (χ4v) is 3.05. The third-order valence-corrected chi connectivity index (χ3v) is 4.39. The van der Waals surface area contributed by atoms with Crippen molar-refractivity contribution in [1.29, 1.82) is 0 Å². The van der Waals surface area contributed by atoms with Gasteiger partial charge >= 0.3 is 6.03 Å². The predicted octanol–water partition coefficient (Wildman–Crippen LogP) is 1.72. The topological polar surface area (TPSA) is 93.9 Å². The molecule has 2 aliphatic heterocycles. The summed E-state index contributed by atoms with van der Waals surface area (Å²) in [6.45, 7) is 4.42. The third kappa shape index (κ3) is 2.50. The lowest BCUT2D eigenvalue weighted by molar-refractivity contribution is -0.131. The highest BCUT2D eigenvalue weighted by Gasteiger charge is 2.49. The van der Waals surface area contributed by atoms with Crippen molar-refractivity contribution in [2.45, 2.75) is 25.9 Å². The zero-order valence-electron chi connectivity index (χ0n) is 13.9. The van der Waals surface area contributed by atoms with Gasteiger partial charge in [-0.3, -0.25) is 9.69 Å². The highest BCUT2D eigenvalue weighted by Crippen LogP contribution is 2.37. The van der Waals surface area contributed by atoms with Crippen LogP contribution in [0.5, 0.6) is 11.5 Å². The zero-order valence-corrected chi connectivity index (χ0v) is 13.9. The lowest BCUT2D eigenvalue weighted by atomic mass is 9.91. The number of imide groups is 1. The van der Waals surface area contributed by atoms with Gasteiger partial charge in [-0.05, 0) is 31.5 Å². The second kappa shape index (κ2) is 5.51. The fraction of sp³-hybridized carbons (Fsp3) is 0.353. The first-order valence-corrected chi connectivity index (χ1v) is 7.94. The normalized spacial score (nSPS) is 22.2. The summed E-state index contributed by atoms with van der Waals surface area (Å²) in [7, 11) is 0. The number of ether oxygens (including phenoxy) is 2. The highest BCUT2D eigenvalue weighted by atomic mass is 16.6. The summed E-state index contributed by atoms with van der Waals surface area (Å²) >= 11 is 0. The zero-order chi connectivity index (χ0) is 17.6. The first-order valence-electron chi connectivity index (χ1n) is 7.94. The van der Waals surface area contributed by atoms with Crippen molar-refractivity contribution in [1.82, 2.24) is 15.4 Å². The molecule has 8 nitrogen and oxygen atoms in total. The molecule has 0 aliphatic carbocycles. The molecule has 0 spiro atoms. The number of hydrogen-bond donors (Lipinski definition) is 1. The van der Waals surface area contributed by atoms with Gasteiger partial charge in [0.2, 0.25) is 0 Å². The molecule has 0 bridgehead atoms. The van der Waals surface area contributed by atoms with E-state index in [9.17, 15) is 9.59 Å². The molecule has 3 heterocycles. The van der Waals surface area contributed by atoms with Crippen molar-refractivity contribution >= 4 is 11.9 Å². The largest absolute Gasteiger partial charge is 0.486 e. The van der Waals surface area contributed by atoms with Gasteiger partial charge in [0.1, 0.15) is 30.2 Å². The Bertz CT molecular complexity index is 862. The van der Waals surface area contributed by atoms with E-state index in [4.69, 9.17) is 14.0 Å². The Morgan fingerprint density at radius 3 is 2.68 bits per heavy atom. The van der Waals surface area contributed by atoms with Crippen LogP contribution < -0.4 is 14.8 Å². The number of carbonyl (C=O) groups is 2. The highest BCUT2D eigenvalue weighted by molar-refractivity contribution is 6.07. The van der Waals surface area contributed by atoms with Gasteiger partial charge < -0.3 is 19.3 Å². The van der Waals surface area contributed by atoms with Crippen LogP contribution in [0.4, 0.5) is 4.79 Å². The van der Waals surface area contributed by atoms with Crippen molar-refractivity contribution in [2.75, 3.05) is 13.2 Å². The Morgan fingerprint density at radius 1 is 1.20 bits per heavy atom. The summed E-state index contributed by atoms with van der Waals surface area (Å²) in [4.78, 5) is 26.4. The number of benzene rings is 1. The summed E-state index contributed by atoms with van der Waals surface area (Å²) < 4.78 is 16.1. The number of nitrogens with one attached hydrogen (secondary N) is 1. The smallest absolute Gasteiger partial charge is 0.325 e. The number of amides is 3. The van der Waals surface area contributed by atoms with E-state index in [0.29, 0.717) is 41.7 Å². The molecule has 0 radical (unpaired) electrons. The molecule has 2 aromatic rings. The van der Waals surface area contributed by atoms with E-state index in [1.807, 2.05) is 0 Å². The van der Waals surface area contributed by atoms with Gasteiger partial charge in [0.05, 0.1) is 6.54 Å². The molecule has 8 heteroatoms. The van der Waals surface area contributed by atoms with Crippen molar-refractivity contribution in [3.63, 3.8) is 0 Å². The van der Waals surface area contributed by atoms with E-state index in [0.717, 1.165) is 4.90 Å². The van der Waals surface area contributed by atoms with Gasteiger partial charge in [0.25, 0.3) is 5.91 Å². The second-order valence-electron chi connectivity index (χ2n) is 6.23. The van der Waals surface area contributed by atoms with Crippen LogP contribution in [0.1, 0.15) is 23.9 Å². The van der Waals surface area contributed by atoms with Crippen LogP contribution in [0.3, 0.4) is 0 Å². The van der Waals surface area contributed by atoms with Gasteiger partial charge in [-0.15, -0.1) is 0 Å². The summed E-state index contributed by atoms with van der Waals surface area (Å²) in [5.74, 6) is 1.47. The maximum Gasteiger partial charge on any atom is 0.325 e. The molecule has 25 heavy (non-hydrogen) atoms. The minimum Gasteiger partial charge on any atom is -0.486 e. The maximum atomic E-state index is 12.9. The quantitative estimate of drug-likeness (QED) is 0.853. The number of aryl methyl sites for hydroxylation is 1. The molecule has 1 fully saturated rings. The van der Waals surface area contributed by atoms with E-state index in [2.05, 4.69) is 10.5 Å². The number of aromatic nitrogens is 1. The standard InChI is InChI=1S/C17H17N3O5/c1-10-7-12(19-25-10)9-20-15(21)17(2,18-16(20)22)11-3-4-13-14(8-11)24-6-5-23-13/h3-4,7-8H,5-6,9H2,1-2H3,(H,18,22)/t17-/m1/s1. The molecular weight excluding hydrogens is 326 g/mol. The van der Waals surface area contributed by atoms with Crippen LogP contribution in [0, 0.1) is 6.92 Å². The molecule has 130 valence electrons. The first kappa shape index (κ1) is 15.5. The number of carbonyl (C=O) groups excluding carboxylic acids is 2. The van der Waals surface area contributed by atoms with Crippen molar-refractivity contribution in [3.8, 4) is 11.5 Å². The Hall–Kier alpha value is -3.03. The molecule has 3 amide bonds. The molecular formula is C17H17N3O5. The van der Waals surface area contributed by atoms with Crippen LogP contribution in [0.2, 0.25) is 0 Å². The van der Waals surface area contributed by atoms with Crippen LogP contribution in [-0.4, -0.2) is 35.2 Å². The van der Waals surface area contributed by atoms with Gasteiger partial charge in [-0.1, -0.05) is 11.2 Å². The van der Waals surface area contributed by atoms with Crippen molar-refractivity contribution in [2.24, 2.45) is 0 Å². The minimum absolute atomic E-state index is 0.0577. The Labute approximate surface area is 143 Å². The minimum atomic E-state index is -1.17. The second-order valence-corrected chi connectivity index (χ2v) is 6.23. The predicted molar refractivity (Wildman–Crippen MR) is 85.1 cm³/mol.